The Bertz CT molecular complexity index is 440. The highest BCUT2D eigenvalue weighted by molar-refractivity contribution is 5.95. The average Bonchev–Trinajstić information content (AvgIpc) is 2.81. The maximum atomic E-state index is 11.8. The van der Waals surface area contributed by atoms with E-state index in [1.807, 2.05) is 13.8 Å². The molecular formula is C14H24N4O2. The number of rotatable bonds is 8. The number of amides is 2. The largest absolute Gasteiger partial charge is 0.351 e. The predicted octanol–water partition coefficient (Wildman–Crippen LogP) is 2.31. The Morgan fingerprint density at radius 3 is 2.75 bits per heavy atom. The molecule has 3 N–H and O–H groups in total. The van der Waals surface area contributed by atoms with Gasteiger partial charge in [0.1, 0.15) is 5.69 Å². The number of carbonyl (C=O) groups excluding carboxylic acids is 2. The van der Waals surface area contributed by atoms with Crippen molar-refractivity contribution in [2.24, 2.45) is 5.92 Å². The second-order valence-corrected chi connectivity index (χ2v) is 5.28. The molecule has 1 rings (SSSR count). The Morgan fingerprint density at radius 2 is 2.10 bits per heavy atom. The lowest BCUT2D eigenvalue weighted by molar-refractivity contribution is -0.116. The topological polar surface area (TPSA) is 86.9 Å². The molecule has 6 heteroatoms. The molecule has 0 atom stereocenters. The van der Waals surface area contributed by atoms with Crippen molar-refractivity contribution in [2.75, 3.05) is 11.9 Å². The summed E-state index contributed by atoms with van der Waals surface area (Å²) >= 11 is 0. The maximum absolute atomic E-state index is 11.8. The summed E-state index contributed by atoms with van der Waals surface area (Å²) in [4.78, 5) is 23.4. The molecule has 0 aliphatic carbocycles. The standard InChI is InChI=1S/C14H24N4O2/c1-4-5-6-7-15-14(20)11-9-12(18-17-11)16-13(19)8-10(2)3/h9-10H,4-8H2,1-3H3,(H,15,20)(H2,16,17,18,19). The van der Waals surface area contributed by atoms with Crippen molar-refractivity contribution >= 4 is 17.6 Å². The molecule has 0 bridgehead atoms. The van der Waals surface area contributed by atoms with E-state index in [9.17, 15) is 9.59 Å². The van der Waals surface area contributed by atoms with Crippen molar-refractivity contribution in [3.63, 3.8) is 0 Å². The van der Waals surface area contributed by atoms with Crippen LogP contribution in [0.5, 0.6) is 0 Å². The number of aromatic amines is 1. The monoisotopic (exact) mass is 280 g/mol. The molecular weight excluding hydrogens is 256 g/mol. The number of hydrogen-bond donors (Lipinski definition) is 3. The number of anilines is 1. The summed E-state index contributed by atoms with van der Waals surface area (Å²) < 4.78 is 0. The molecule has 1 aromatic heterocycles. The molecule has 0 radical (unpaired) electrons. The Labute approximate surface area is 119 Å². The summed E-state index contributed by atoms with van der Waals surface area (Å²) in [6, 6.07) is 1.55. The first-order valence-corrected chi connectivity index (χ1v) is 7.16. The summed E-state index contributed by atoms with van der Waals surface area (Å²) in [6.45, 7) is 6.71. The number of H-pyrrole nitrogens is 1. The fraction of sp³-hybridized carbons (Fsp3) is 0.643. The molecule has 0 unspecified atom stereocenters. The molecule has 0 spiro atoms. The van der Waals surface area contributed by atoms with Gasteiger partial charge in [0, 0.05) is 19.0 Å². The fourth-order valence-electron chi connectivity index (χ4n) is 1.74. The second-order valence-electron chi connectivity index (χ2n) is 5.28. The average molecular weight is 280 g/mol. The quantitative estimate of drug-likeness (QED) is 0.639. The van der Waals surface area contributed by atoms with Crippen LogP contribution in [0, 0.1) is 5.92 Å². The third-order valence-corrected chi connectivity index (χ3v) is 2.75. The van der Waals surface area contributed by atoms with Crippen LogP contribution in [0.25, 0.3) is 0 Å². The number of nitrogens with one attached hydrogen (secondary N) is 3. The molecule has 0 aromatic carbocycles. The molecule has 112 valence electrons. The van der Waals surface area contributed by atoms with E-state index in [-0.39, 0.29) is 17.7 Å². The van der Waals surface area contributed by atoms with Crippen molar-refractivity contribution < 1.29 is 9.59 Å². The van der Waals surface area contributed by atoms with E-state index in [1.54, 1.807) is 6.07 Å². The fourth-order valence-corrected chi connectivity index (χ4v) is 1.74. The first kappa shape index (κ1) is 16.2. The first-order chi connectivity index (χ1) is 9.52. The van der Waals surface area contributed by atoms with Crippen LogP contribution in [0.1, 0.15) is 56.9 Å². The van der Waals surface area contributed by atoms with Crippen molar-refractivity contribution in [3.05, 3.63) is 11.8 Å². The number of aromatic nitrogens is 2. The van der Waals surface area contributed by atoms with Gasteiger partial charge in [0.05, 0.1) is 0 Å². The minimum atomic E-state index is -0.196. The van der Waals surface area contributed by atoms with Gasteiger partial charge in [-0.25, -0.2) is 0 Å². The molecule has 20 heavy (non-hydrogen) atoms. The van der Waals surface area contributed by atoms with Gasteiger partial charge in [-0.3, -0.25) is 14.7 Å². The van der Waals surface area contributed by atoms with Crippen LogP contribution in [0.3, 0.4) is 0 Å². The van der Waals surface area contributed by atoms with Crippen molar-refractivity contribution in [2.45, 2.75) is 46.5 Å². The zero-order valence-electron chi connectivity index (χ0n) is 12.5. The van der Waals surface area contributed by atoms with Crippen LogP contribution in [0.15, 0.2) is 6.07 Å². The number of nitrogens with zero attached hydrogens (tertiary/aromatic N) is 1. The number of hydrogen-bond acceptors (Lipinski definition) is 3. The van der Waals surface area contributed by atoms with Crippen molar-refractivity contribution in [3.8, 4) is 0 Å². The Morgan fingerprint density at radius 1 is 1.35 bits per heavy atom. The normalized spacial score (nSPS) is 10.6. The molecule has 0 saturated heterocycles. The van der Waals surface area contributed by atoms with E-state index in [4.69, 9.17) is 0 Å². The molecule has 0 fully saturated rings. The highest BCUT2D eigenvalue weighted by Gasteiger charge is 2.11. The zero-order chi connectivity index (χ0) is 15.0. The van der Waals surface area contributed by atoms with Crippen LogP contribution in [-0.4, -0.2) is 28.6 Å². The highest BCUT2D eigenvalue weighted by atomic mass is 16.2. The van der Waals surface area contributed by atoms with Gasteiger partial charge >= 0.3 is 0 Å². The van der Waals surface area contributed by atoms with E-state index >= 15 is 0 Å². The van der Waals surface area contributed by atoms with Gasteiger partial charge in [0.2, 0.25) is 5.91 Å². The lowest BCUT2D eigenvalue weighted by Gasteiger charge is -2.03. The summed E-state index contributed by atoms with van der Waals surface area (Å²) in [7, 11) is 0. The third-order valence-electron chi connectivity index (χ3n) is 2.75. The van der Waals surface area contributed by atoms with E-state index in [0.717, 1.165) is 19.3 Å². The molecule has 6 nitrogen and oxygen atoms in total. The van der Waals surface area contributed by atoms with E-state index in [2.05, 4.69) is 27.8 Å². The van der Waals surface area contributed by atoms with Crippen molar-refractivity contribution in [1.29, 1.82) is 0 Å². The minimum Gasteiger partial charge on any atom is -0.351 e. The smallest absolute Gasteiger partial charge is 0.269 e. The van der Waals surface area contributed by atoms with Crippen LogP contribution in [-0.2, 0) is 4.79 Å². The first-order valence-electron chi connectivity index (χ1n) is 7.16. The lowest BCUT2D eigenvalue weighted by atomic mass is 10.1. The summed E-state index contributed by atoms with van der Waals surface area (Å²) in [5, 5.41) is 12.0. The maximum Gasteiger partial charge on any atom is 0.269 e. The van der Waals surface area contributed by atoms with Crippen LogP contribution in [0.4, 0.5) is 5.82 Å². The number of carbonyl (C=O) groups is 2. The summed E-state index contributed by atoms with van der Waals surface area (Å²) in [5.41, 5.74) is 0.362. The molecule has 0 aliphatic rings. The van der Waals surface area contributed by atoms with Gasteiger partial charge in [0.25, 0.3) is 5.91 Å². The molecule has 1 aromatic rings. The van der Waals surface area contributed by atoms with E-state index < -0.39 is 0 Å². The molecule has 2 amide bonds. The second kappa shape index (κ2) is 8.35. The van der Waals surface area contributed by atoms with E-state index in [0.29, 0.717) is 24.5 Å². The van der Waals surface area contributed by atoms with Crippen LogP contribution >= 0.6 is 0 Å². The van der Waals surface area contributed by atoms with Gasteiger partial charge < -0.3 is 10.6 Å². The van der Waals surface area contributed by atoms with Gasteiger partial charge in [-0.1, -0.05) is 33.6 Å². The van der Waals surface area contributed by atoms with Gasteiger partial charge in [-0.05, 0) is 12.3 Å². The van der Waals surface area contributed by atoms with Crippen LogP contribution in [0.2, 0.25) is 0 Å². The van der Waals surface area contributed by atoms with Gasteiger partial charge in [-0.15, -0.1) is 0 Å². The molecule has 0 aliphatic heterocycles. The molecule has 0 saturated carbocycles. The summed E-state index contributed by atoms with van der Waals surface area (Å²) in [6.07, 6.45) is 3.62. The lowest BCUT2D eigenvalue weighted by Crippen LogP contribution is -2.24. The van der Waals surface area contributed by atoms with Gasteiger partial charge in [-0.2, -0.15) is 5.10 Å². The zero-order valence-corrected chi connectivity index (χ0v) is 12.5. The predicted molar refractivity (Wildman–Crippen MR) is 78.5 cm³/mol. The van der Waals surface area contributed by atoms with E-state index in [1.165, 1.54) is 0 Å². The molecule has 1 heterocycles. The van der Waals surface area contributed by atoms with Crippen molar-refractivity contribution in [1.82, 2.24) is 15.5 Å². The number of unbranched alkanes of at least 4 members (excludes halogenated alkanes) is 2. The third kappa shape index (κ3) is 5.86. The highest BCUT2D eigenvalue weighted by Crippen LogP contribution is 2.08. The Hall–Kier alpha value is -1.85. The Balaban J connectivity index is 2.42. The Kier molecular flexibility index (Phi) is 6.76. The van der Waals surface area contributed by atoms with Crippen LogP contribution < -0.4 is 10.6 Å². The van der Waals surface area contributed by atoms with Gasteiger partial charge in [0.15, 0.2) is 5.82 Å². The SMILES string of the molecule is CCCCCNC(=O)c1cc(NC(=O)CC(C)C)n[nH]1. The summed E-state index contributed by atoms with van der Waals surface area (Å²) in [5.74, 6) is 0.379. The minimum absolute atomic E-state index is 0.0959.